The second-order valence-corrected chi connectivity index (χ2v) is 6.86. The highest BCUT2D eigenvalue weighted by Gasteiger charge is 2.31. The molecule has 1 fully saturated rings. The van der Waals surface area contributed by atoms with E-state index in [0.29, 0.717) is 31.8 Å². The molecule has 0 bridgehead atoms. The van der Waals surface area contributed by atoms with Crippen molar-refractivity contribution in [3.63, 3.8) is 0 Å². The topological polar surface area (TPSA) is 76.2 Å². The molecule has 0 radical (unpaired) electrons. The molecular weight excluding hydrogens is 375 g/mol. The van der Waals surface area contributed by atoms with Crippen LogP contribution in [0.5, 0.6) is 0 Å². The molecule has 3 aromatic rings. The first-order chi connectivity index (χ1) is 13.3. The zero-order valence-electron chi connectivity index (χ0n) is 15.0. The molecule has 0 saturated carbocycles. The number of nitrogens with zero attached hydrogens (tertiary/aromatic N) is 5. The summed E-state index contributed by atoms with van der Waals surface area (Å²) < 4.78 is 41.9. The fourth-order valence-electron chi connectivity index (χ4n) is 3.63. The van der Waals surface area contributed by atoms with E-state index >= 15 is 0 Å². The summed E-state index contributed by atoms with van der Waals surface area (Å²) in [5.74, 6) is 0.461. The number of hydroxylamine groups is 2. The van der Waals surface area contributed by atoms with Crippen LogP contribution in [-0.2, 0) is 6.18 Å². The number of alkyl halides is 3. The number of aromatic nitrogens is 4. The minimum atomic E-state index is -4.48. The Labute approximate surface area is 157 Å². The third-order valence-corrected chi connectivity index (χ3v) is 5.03. The lowest BCUT2D eigenvalue weighted by atomic mass is 10.1. The van der Waals surface area contributed by atoms with E-state index in [4.69, 9.17) is 0 Å². The zero-order chi connectivity index (χ0) is 20.1. The zero-order valence-corrected chi connectivity index (χ0v) is 15.0. The highest BCUT2D eigenvalue weighted by atomic mass is 19.4. The normalized spacial score (nSPS) is 16.8. The van der Waals surface area contributed by atoms with Crippen molar-refractivity contribution in [1.29, 1.82) is 0 Å². The second-order valence-electron chi connectivity index (χ2n) is 6.86. The number of fused-ring (bicyclic) bond motifs is 1. The van der Waals surface area contributed by atoms with Crippen molar-refractivity contribution in [3.05, 3.63) is 52.2 Å². The van der Waals surface area contributed by atoms with E-state index in [9.17, 15) is 23.2 Å². The molecule has 3 heterocycles. The first kappa shape index (κ1) is 18.6. The number of aryl methyl sites for hydroxylation is 1. The molecule has 7 nitrogen and oxygen atoms in total. The lowest BCUT2D eigenvalue weighted by Gasteiger charge is -2.29. The number of rotatable bonds is 2. The lowest BCUT2D eigenvalue weighted by Crippen LogP contribution is -2.37. The van der Waals surface area contributed by atoms with Crippen molar-refractivity contribution < 1.29 is 18.4 Å². The van der Waals surface area contributed by atoms with Gasteiger partial charge in [0.25, 0.3) is 5.56 Å². The third-order valence-electron chi connectivity index (χ3n) is 5.03. The molecule has 1 N–H and O–H groups in total. The van der Waals surface area contributed by atoms with Gasteiger partial charge in [0.1, 0.15) is 11.2 Å². The van der Waals surface area contributed by atoms with Crippen LogP contribution in [0.1, 0.15) is 30.3 Å². The van der Waals surface area contributed by atoms with Gasteiger partial charge in [0.2, 0.25) is 0 Å². The Balaban J connectivity index is 1.81. The number of piperidine rings is 1. The molecule has 0 aliphatic carbocycles. The highest BCUT2D eigenvalue weighted by molar-refractivity contribution is 5.75. The van der Waals surface area contributed by atoms with E-state index in [1.54, 1.807) is 11.5 Å². The molecule has 1 aliphatic heterocycles. The van der Waals surface area contributed by atoms with Gasteiger partial charge in [-0.25, -0.2) is 9.67 Å². The summed E-state index contributed by atoms with van der Waals surface area (Å²) in [5.41, 5.74) is -0.674. The second kappa shape index (κ2) is 6.71. The van der Waals surface area contributed by atoms with Crippen LogP contribution < -0.4 is 5.56 Å². The Kier molecular flexibility index (Phi) is 4.47. The number of hydrogen-bond acceptors (Lipinski definition) is 5. The minimum Gasteiger partial charge on any atom is -0.314 e. The van der Waals surface area contributed by atoms with Gasteiger partial charge in [0, 0.05) is 19.1 Å². The predicted molar refractivity (Wildman–Crippen MR) is 94.5 cm³/mol. The van der Waals surface area contributed by atoms with E-state index in [2.05, 4.69) is 10.1 Å². The quantitative estimate of drug-likeness (QED) is 0.725. The summed E-state index contributed by atoms with van der Waals surface area (Å²) in [6.07, 6.45) is -1.93. The van der Waals surface area contributed by atoms with E-state index in [1.807, 2.05) is 0 Å². The van der Waals surface area contributed by atoms with E-state index in [1.165, 1.54) is 28.1 Å². The molecule has 1 aliphatic rings. The Bertz CT molecular complexity index is 1080. The van der Waals surface area contributed by atoms with Crippen LogP contribution in [0.2, 0.25) is 0 Å². The van der Waals surface area contributed by atoms with E-state index < -0.39 is 11.7 Å². The molecule has 10 heteroatoms. The number of halogens is 3. The Morgan fingerprint density at radius 1 is 1.21 bits per heavy atom. The average molecular weight is 393 g/mol. The summed E-state index contributed by atoms with van der Waals surface area (Å²) in [6.45, 7) is 2.60. The maximum Gasteiger partial charge on any atom is 0.416 e. The average Bonchev–Trinajstić information content (AvgIpc) is 3.07. The van der Waals surface area contributed by atoms with Crippen LogP contribution in [0.25, 0.3) is 16.7 Å². The van der Waals surface area contributed by atoms with E-state index in [-0.39, 0.29) is 28.3 Å². The predicted octanol–water partition coefficient (Wildman–Crippen LogP) is 2.94. The van der Waals surface area contributed by atoms with Gasteiger partial charge in [-0.05, 0) is 38.0 Å². The Morgan fingerprint density at radius 2 is 1.93 bits per heavy atom. The largest absolute Gasteiger partial charge is 0.416 e. The minimum absolute atomic E-state index is 0.0929. The summed E-state index contributed by atoms with van der Waals surface area (Å²) in [5, 5.41) is 15.1. The maximum atomic E-state index is 13.0. The van der Waals surface area contributed by atoms with Crippen molar-refractivity contribution in [2.75, 3.05) is 13.1 Å². The lowest BCUT2D eigenvalue weighted by molar-refractivity contribution is -0.137. The molecule has 0 amide bonds. The summed E-state index contributed by atoms with van der Waals surface area (Å²) in [4.78, 5) is 17.5. The van der Waals surface area contributed by atoms with Crippen molar-refractivity contribution in [2.45, 2.75) is 32.0 Å². The molecule has 2 aromatic heterocycles. The van der Waals surface area contributed by atoms with Gasteiger partial charge < -0.3 is 5.21 Å². The molecule has 1 aromatic carbocycles. The standard InChI is InChI=1S/C18H18F3N5O2/c1-11-23-16-15(17(27)25(11)13-5-7-24(28)8-6-13)10-22-26(16)14-4-2-3-12(9-14)18(19,20)21/h2-4,9-10,13,28H,5-8H2,1H3. The van der Waals surface area contributed by atoms with Gasteiger partial charge in [-0.2, -0.15) is 23.3 Å². The molecule has 4 rings (SSSR count). The van der Waals surface area contributed by atoms with Crippen molar-refractivity contribution >= 4 is 11.0 Å². The van der Waals surface area contributed by atoms with Crippen molar-refractivity contribution in [3.8, 4) is 5.69 Å². The van der Waals surface area contributed by atoms with Crippen LogP contribution in [0.3, 0.4) is 0 Å². The van der Waals surface area contributed by atoms with Crippen LogP contribution in [0.4, 0.5) is 13.2 Å². The van der Waals surface area contributed by atoms with E-state index in [0.717, 1.165) is 12.1 Å². The van der Waals surface area contributed by atoms with Crippen molar-refractivity contribution in [2.24, 2.45) is 0 Å². The van der Waals surface area contributed by atoms with Crippen LogP contribution in [-0.4, -0.2) is 42.7 Å². The summed E-state index contributed by atoms with van der Waals surface area (Å²) in [6, 6.07) is 4.65. The van der Waals surface area contributed by atoms with Gasteiger partial charge in [-0.1, -0.05) is 6.07 Å². The highest BCUT2D eigenvalue weighted by Crippen LogP contribution is 2.30. The summed E-state index contributed by atoms with van der Waals surface area (Å²) in [7, 11) is 0. The van der Waals surface area contributed by atoms with Crippen LogP contribution in [0, 0.1) is 6.92 Å². The SMILES string of the molecule is Cc1nc2c(cnn2-c2cccc(C(F)(F)F)c2)c(=O)n1C1CCN(O)CC1. The Hall–Kier alpha value is -2.72. The molecular formula is C18H18F3N5O2. The number of benzene rings is 1. The fourth-order valence-corrected chi connectivity index (χ4v) is 3.63. The van der Waals surface area contributed by atoms with Crippen molar-refractivity contribution in [1.82, 2.24) is 24.4 Å². The van der Waals surface area contributed by atoms with Gasteiger partial charge in [-0.3, -0.25) is 9.36 Å². The fraction of sp³-hybridized carbons (Fsp3) is 0.389. The molecule has 1 saturated heterocycles. The monoisotopic (exact) mass is 393 g/mol. The van der Waals surface area contributed by atoms with Gasteiger partial charge >= 0.3 is 6.18 Å². The molecule has 0 unspecified atom stereocenters. The molecule has 0 spiro atoms. The maximum absolute atomic E-state index is 13.0. The van der Waals surface area contributed by atoms with Gasteiger partial charge in [0.05, 0.1) is 17.4 Å². The van der Waals surface area contributed by atoms with Gasteiger partial charge in [-0.15, -0.1) is 0 Å². The Morgan fingerprint density at radius 3 is 2.61 bits per heavy atom. The molecule has 148 valence electrons. The van der Waals surface area contributed by atoms with Gasteiger partial charge in [0.15, 0.2) is 5.65 Å². The van der Waals surface area contributed by atoms with Crippen LogP contribution >= 0.6 is 0 Å². The molecule has 28 heavy (non-hydrogen) atoms. The summed E-state index contributed by atoms with van der Waals surface area (Å²) >= 11 is 0. The van der Waals surface area contributed by atoms with Crippen LogP contribution in [0.15, 0.2) is 35.3 Å². The third kappa shape index (κ3) is 3.18. The molecule has 0 atom stereocenters. The first-order valence-electron chi connectivity index (χ1n) is 8.84. The smallest absolute Gasteiger partial charge is 0.314 e. The number of hydrogen-bond donors (Lipinski definition) is 1. The first-order valence-corrected chi connectivity index (χ1v) is 8.84.